The van der Waals surface area contributed by atoms with Gasteiger partial charge in [-0.2, -0.15) is 8.42 Å². The van der Waals surface area contributed by atoms with Crippen LogP contribution in [0, 0.1) is 33.5 Å². The second-order valence-corrected chi connectivity index (χ2v) is 10.6. The van der Waals surface area contributed by atoms with Gasteiger partial charge < -0.3 is 9.47 Å². The van der Waals surface area contributed by atoms with E-state index in [-0.39, 0.29) is 30.6 Å². The highest BCUT2D eigenvalue weighted by molar-refractivity contribution is 7.90. The van der Waals surface area contributed by atoms with Crippen molar-refractivity contribution in [3.05, 3.63) is 94.4 Å². The Hall–Kier alpha value is -4.31. The summed E-state index contributed by atoms with van der Waals surface area (Å²) in [6.07, 6.45) is 0. The monoisotopic (exact) mass is 553 g/mol. The molecule has 4 rings (SSSR count). The van der Waals surface area contributed by atoms with Crippen molar-refractivity contribution in [3.8, 4) is 28.6 Å². The number of aromatic nitrogens is 2. The van der Waals surface area contributed by atoms with E-state index in [0.717, 1.165) is 16.7 Å². The Kier molecular flexibility index (Phi) is 7.96. The number of nitrogens with zero attached hydrogens (tertiary/aromatic N) is 2. The molecule has 39 heavy (non-hydrogen) atoms. The number of hydrogen-bond acceptors (Lipinski definition) is 7. The van der Waals surface area contributed by atoms with Gasteiger partial charge in [0, 0.05) is 20.2 Å². The fourth-order valence-corrected chi connectivity index (χ4v) is 5.10. The van der Waals surface area contributed by atoms with Gasteiger partial charge in [0.25, 0.3) is 15.9 Å². The van der Waals surface area contributed by atoms with Crippen LogP contribution < -0.4 is 14.2 Å². The van der Waals surface area contributed by atoms with E-state index >= 15 is 0 Å². The van der Waals surface area contributed by atoms with Crippen molar-refractivity contribution in [2.75, 3.05) is 6.61 Å². The molecular formula is C29H32FN3O5S. The van der Waals surface area contributed by atoms with Crippen LogP contribution in [0.1, 0.15) is 42.5 Å². The van der Waals surface area contributed by atoms with E-state index in [2.05, 4.69) is 9.97 Å². The highest BCUT2D eigenvalue weighted by atomic mass is 32.2. The zero-order valence-corrected chi connectivity index (χ0v) is 23.0. The molecule has 0 spiro atoms. The smallest absolute Gasteiger partial charge is 0.281 e. The van der Waals surface area contributed by atoms with E-state index in [9.17, 15) is 17.6 Å². The first-order chi connectivity index (χ1) is 18.5. The highest BCUT2D eigenvalue weighted by Crippen LogP contribution is 2.33. The Bertz CT molecular complexity index is 1660. The molecule has 0 aliphatic carbocycles. The first-order valence-corrected chi connectivity index (χ1v) is 13.7. The van der Waals surface area contributed by atoms with Crippen LogP contribution in [-0.2, 0) is 10.0 Å². The lowest BCUT2D eigenvalue weighted by molar-refractivity contribution is 0.0978. The first kappa shape index (κ1) is 27.7. The summed E-state index contributed by atoms with van der Waals surface area (Å²) in [5, 5.41) is -0.301. The topological polar surface area (TPSA) is 107 Å². The molecule has 0 fully saturated rings. The van der Waals surface area contributed by atoms with Gasteiger partial charge in [-0.1, -0.05) is 23.8 Å². The number of sulfonamides is 1. The van der Waals surface area contributed by atoms with E-state index in [0.29, 0.717) is 23.8 Å². The maximum Gasteiger partial charge on any atom is 0.281 e. The van der Waals surface area contributed by atoms with Gasteiger partial charge in [-0.05, 0) is 82.1 Å². The van der Waals surface area contributed by atoms with Crippen molar-refractivity contribution in [2.24, 2.45) is 0 Å². The number of hydrogen-bond donors (Lipinski definition) is 1. The van der Waals surface area contributed by atoms with Crippen LogP contribution in [0.5, 0.6) is 17.4 Å². The van der Waals surface area contributed by atoms with E-state index in [1.54, 1.807) is 26.0 Å². The normalized spacial score (nSPS) is 11.2. The summed E-state index contributed by atoms with van der Waals surface area (Å²) in [6, 6.07) is 15.4. The molecule has 0 saturated carbocycles. The quantitative estimate of drug-likeness (QED) is 0.272. The summed E-state index contributed by atoms with van der Waals surface area (Å²) in [5.74, 6) is -0.906. The molecule has 8 nitrogen and oxygen atoms in total. The number of aryl methyl sites for hydroxylation is 4. The Morgan fingerprint density at radius 1 is 0.974 bits per heavy atom. The number of carbonyl (C=O) groups is 1. The Morgan fingerprint density at radius 2 is 1.69 bits per heavy atom. The lowest BCUT2D eigenvalue weighted by atomic mass is 10.1. The third kappa shape index (κ3) is 6.23. The van der Waals surface area contributed by atoms with Crippen molar-refractivity contribution >= 4 is 15.9 Å². The van der Waals surface area contributed by atoms with Crippen molar-refractivity contribution in [1.82, 2.24) is 14.7 Å². The van der Waals surface area contributed by atoms with E-state index in [1.807, 2.05) is 37.6 Å². The van der Waals surface area contributed by atoms with Gasteiger partial charge in [0.05, 0.1) is 12.3 Å². The van der Waals surface area contributed by atoms with Gasteiger partial charge >= 0.3 is 0 Å². The number of pyridine rings is 2. The molecule has 0 atom stereocenters. The predicted molar refractivity (Wildman–Crippen MR) is 149 cm³/mol. The van der Waals surface area contributed by atoms with Gasteiger partial charge in [0.15, 0.2) is 5.03 Å². The van der Waals surface area contributed by atoms with Gasteiger partial charge in [-0.25, -0.2) is 19.1 Å². The zero-order chi connectivity index (χ0) is 28.3. The van der Waals surface area contributed by atoms with E-state index < -0.39 is 21.7 Å². The minimum Gasteiger partial charge on any atom is -0.494 e. The molecule has 2 heterocycles. The number of carbonyl (C=O) groups excluding carboxylic acids is 1. The van der Waals surface area contributed by atoms with Gasteiger partial charge in [-0.3, -0.25) is 4.79 Å². The third-order valence-electron chi connectivity index (χ3n) is 5.80. The van der Waals surface area contributed by atoms with Crippen LogP contribution in [-0.4, -0.2) is 30.9 Å². The van der Waals surface area contributed by atoms with Crippen molar-refractivity contribution < 1.29 is 29.9 Å². The predicted octanol–water partition coefficient (Wildman–Crippen LogP) is 6.32. The van der Waals surface area contributed by atoms with Crippen LogP contribution in [0.4, 0.5) is 4.39 Å². The summed E-state index contributed by atoms with van der Waals surface area (Å²) < 4.78 is 54.2. The first-order valence-electron chi connectivity index (χ1n) is 12.2. The number of benzene rings is 2. The highest BCUT2D eigenvalue weighted by Gasteiger charge is 2.25. The molecule has 4 aromatic rings. The minimum absolute atomic E-state index is 0. The largest absolute Gasteiger partial charge is 0.494 e. The maximum absolute atomic E-state index is 15.0. The molecule has 0 radical (unpaired) electrons. The van der Waals surface area contributed by atoms with Crippen LogP contribution in [0.25, 0.3) is 11.3 Å². The fourth-order valence-electron chi connectivity index (χ4n) is 4.12. The number of ether oxygens (including phenoxy) is 2. The molecule has 0 saturated heterocycles. The Labute approximate surface area is 229 Å². The maximum atomic E-state index is 15.0. The van der Waals surface area contributed by atoms with Gasteiger partial charge in [0.1, 0.15) is 22.9 Å². The second-order valence-electron chi connectivity index (χ2n) is 9.01. The molecule has 1 N–H and O–H groups in total. The molecule has 1 amide bonds. The van der Waals surface area contributed by atoms with Crippen molar-refractivity contribution in [2.45, 2.75) is 39.6 Å². The number of halogens is 1. The van der Waals surface area contributed by atoms with Crippen LogP contribution in [0.15, 0.2) is 65.7 Å². The summed E-state index contributed by atoms with van der Waals surface area (Å²) in [5.41, 5.74) is 3.26. The lowest BCUT2D eigenvalue weighted by Crippen LogP contribution is -2.31. The average molecular weight is 554 g/mol. The molecule has 0 aliphatic heterocycles. The molecule has 0 aliphatic rings. The van der Waals surface area contributed by atoms with Crippen LogP contribution >= 0.6 is 0 Å². The fraction of sp³-hybridized carbons (Fsp3) is 0.207. The molecule has 2 aromatic carbocycles. The Morgan fingerprint density at radius 3 is 2.33 bits per heavy atom. The molecule has 206 valence electrons. The summed E-state index contributed by atoms with van der Waals surface area (Å²) in [4.78, 5) is 21.7. The number of amides is 1. The standard InChI is InChI=1S/C29H28FN3O5S.2H2/c1-6-37-21-10-11-22(24(30)16-21)25-13-12-23(28(34)33-39(35,36)26-9-7-8-20(5)31-26)29(32-25)38-27-18(3)14-17(2)15-19(27)4;;/h7-16H,6H2,1-5H3,(H,33,34);2*1H. The van der Waals surface area contributed by atoms with Gasteiger partial charge in [0.2, 0.25) is 5.88 Å². The van der Waals surface area contributed by atoms with Crippen molar-refractivity contribution in [1.29, 1.82) is 0 Å². The summed E-state index contributed by atoms with van der Waals surface area (Å²) in [7, 11) is -4.29. The third-order valence-corrected chi connectivity index (χ3v) is 7.03. The lowest BCUT2D eigenvalue weighted by Gasteiger charge is -2.16. The van der Waals surface area contributed by atoms with Gasteiger partial charge in [-0.15, -0.1) is 0 Å². The molecule has 10 heteroatoms. The molecule has 2 aromatic heterocycles. The molecular weight excluding hydrogens is 521 g/mol. The van der Waals surface area contributed by atoms with Crippen LogP contribution in [0.3, 0.4) is 0 Å². The SMILES string of the molecule is CCOc1ccc(-c2ccc(C(=O)NS(=O)(=O)c3cccc(C)n3)c(Oc3c(C)cc(C)cc3C)n2)c(F)c1.[HH].[HH]. The zero-order valence-electron chi connectivity index (χ0n) is 22.2. The van der Waals surface area contributed by atoms with E-state index in [1.165, 1.54) is 36.4 Å². The Balaban J connectivity index is 0.00000294. The number of nitrogens with one attached hydrogen (secondary N) is 1. The van der Waals surface area contributed by atoms with E-state index in [4.69, 9.17) is 9.47 Å². The molecule has 0 bridgehead atoms. The average Bonchev–Trinajstić information content (AvgIpc) is 2.86. The summed E-state index contributed by atoms with van der Waals surface area (Å²) >= 11 is 0. The number of rotatable bonds is 8. The summed E-state index contributed by atoms with van der Waals surface area (Å²) in [6.45, 7) is 9.46. The second kappa shape index (κ2) is 11.2. The molecule has 0 unspecified atom stereocenters. The van der Waals surface area contributed by atoms with Crippen LogP contribution in [0.2, 0.25) is 0 Å². The van der Waals surface area contributed by atoms with Crippen molar-refractivity contribution in [3.63, 3.8) is 0 Å². The minimum atomic E-state index is -4.29.